The van der Waals surface area contributed by atoms with Crippen LogP contribution in [0.25, 0.3) is 10.7 Å². The summed E-state index contributed by atoms with van der Waals surface area (Å²) in [7, 11) is 1.67. The van der Waals surface area contributed by atoms with Crippen molar-refractivity contribution < 1.29 is 14.0 Å². The van der Waals surface area contributed by atoms with Crippen LogP contribution in [0, 0.1) is 5.92 Å². The van der Waals surface area contributed by atoms with Gasteiger partial charge in [-0.15, -0.1) is 11.3 Å². The minimum Gasteiger partial charge on any atom is -0.497 e. The molecular weight excluding hydrogens is 362 g/mol. The third-order valence-corrected chi connectivity index (χ3v) is 5.56. The summed E-state index contributed by atoms with van der Waals surface area (Å²) in [6.07, 6.45) is 2.32. The van der Waals surface area contributed by atoms with Gasteiger partial charge in [-0.25, -0.2) is 0 Å². The van der Waals surface area contributed by atoms with Crippen molar-refractivity contribution in [1.82, 2.24) is 15.0 Å². The van der Waals surface area contributed by atoms with Crippen LogP contribution < -0.4 is 9.47 Å². The molecule has 1 atom stereocenters. The molecule has 3 heterocycles. The van der Waals surface area contributed by atoms with Gasteiger partial charge in [0.25, 0.3) is 0 Å². The summed E-state index contributed by atoms with van der Waals surface area (Å²) < 4.78 is 16.7. The molecule has 0 aliphatic carbocycles. The summed E-state index contributed by atoms with van der Waals surface area (Å²) >= 11 is 1.62. The van der Waals surface area contributed by atoms with Crippen LogP contribution in [-0.4, -0.2) is 41.8 Å². The van der Waals surface area contributed by atoms with Gasteiger partial charge in [-0.1, -0.05) is 17.3 Å². The van der Waals surface area contributed by atoms with Gasteiger partial charge in [0.2, 0.25) is 11.7 Å². The van der Waals surface area contributed by atoms with Crippen molar-refractivity contribution in [1.29, 1.82) is 0 Å². The lowest BCUT2D eigenvalue weighted by atomic mass is 9.99. The van der Waals surface area contributed by atoms with Crippen LogP contribution in [-0.2, 0) is 6.54 Å². The fourth-order valence-corrected chi connectivity index (χ4v) is 4.00. The summed E-state index contributed by atoms with van der Waals surface area (Å²) in [6, 6.07) is 11.8. The van der Waals surface area contributed by atoms with Gasteiger partial charge in [-0.3, -0.25) is 4.90 Å². The van der Waals surface area contributed by atoms with E-state index in [-0.39, 0.29) is 0 Å². The van der Waals surface area contributed by atoms with Gasteiger partial charge < -0.3 is 14.0 Å². The second kappa shape index (κ2) is 8.54. The topological polar surface area (TPSA) is 60.6 Å². The highest BCUT2D eigenvalue weighted by Crippen LogP contribution is 2.24. The first-order valence-electron chi connectivity index (χ1n) is 9.16. The van der Waals surface area contributed by atoms with Crippen LogP contribution in [0.2, 0.25) is 0 Å². The Hall–Kier alpha value is -2.38. The monoisotopic (exact) mass is 385 g/mol. The predicted molar refractivity (Wildman–Crippen MR) is 104 cm³/mol. The van der Waals surface area contributed by atoms with E-state index in [0.717, 1.165) is 35.9 Å². The molecule has 27 heavy (non-hydrogen) atoms. The van der Waals surface area contributed by atoms with E-state index in [4.69, 9.17) is 14.0 Å². The zero-order valence-corrected chi connectivity index (χ0v) is 16.2. The number of ether oxygens (including phenoxy) is 2. The van der Waals surface area contributed by atoms with Gasteiger partial charge in [0, 0.05) is 18.5 Å². The van der Waals surface area contributed by atoms with Crippen LogP contribution in [0.4, 0.5) is 0 Å². The first-order chi connectivity index (χ1) is 13.3. The fourth-order valence-electron chi connectivity index (χ4n) is 3.35. The van der Waals surface area contributed by atoms with E-state index in [0.29, 0.717) is 30.8 Å². The third-order valence-electron chi connectivity index (χ3n) is 4.70. The van der Waals surface area contributed by atoms with Crippen LogP contribution >= 0.6 is 11.3 Å². The molecule has 1 fully saturated rings. The Balaban J connectivity index is 1.30. The number of rotatable bonds is 7. The molecule has 0 radical (unpaired) electrons. The van der Waals surface area contributed by atoms with Gasteiger partial charge in [0.15, 0.2) is 0 Å². The number of piperidine rings is 1. The molecule has 1 aromatic carbocycles. The highest BCUT2D eigenvalue weighted by Gasteiger charge is 2.22. The minimum atomic E-state index is 0.490. The smallest absolute Gasteiger partial charge is 0.241 e. The first-order valence-corrected chi connectivity index (χ1v) is 10.0. The van der Waals surface area contributed by atoms with Gasteiger partial charge in [0.1, 0.15) is 11.5 Å². The van der Waals surface area contributed by atoms with E-state index >= 15 is 0 Å². The Morgan fingerprint density at radius 1 is 1.26 bits per heavy atom. The molecule has 2 aromatic heterocycles. The summed E-state index contributed by atoms with van der Waals surface area (Å²) in [6.45, 7) is 3.41. The fraction of sp³-hybridized carbons (Fsp3) is 0.400. The Bertz CT molecular complexity index is 850. The number of aromatic nitrogens is 2. The Labute approximate surface area is 162 Å². The molecule has 1 aliphatic rings. The van der Waals surface area contributed by atoms with E-state index in [1.165, 1.54) is 6.42 Å². The number of thiophene rings is 1. The van der Waals surface area contributed by atoms with Crippen LogP contribution in [0.15, 0.2) is 46.3 Å². The second-order valence-electron chi connectivity index (χ2n) is 6.72. The maximum atomic E-state index is 5.98. The first kappa shape index (κ1) is 18.0. The Morgan fingerprint density at radius 2 is 2.19 bits per heavy atom. The molecule has 1 saturated heterocycles. The average Bonchev–Trinajstić information content (AvgIpc) is 3.39. The molecule has 1 aliphatic heterocycles. The number of hydrogen-bond acceptors (Lipinski definition) is 7. The number of methoxy groups -OCH3 is 1. The summed E-state index contributed by atoms with van der Waals surface area (Å²) in [4.78, 5) is 7.94. The quantitative estimate of drug-likeness (QED) is 0.610. The predicted octanol–water partition coefficient (Wildman–Crippen LogP) is 4.10. The van der Waals surface area contributed by atoms with E-state index < -0.39 is 0 Å². The van der Waals surface area contributed by atoms with Crippen LogP contribution in [0.1, 0.15) is 18.7 Å². The third kappa shape index (κ3) is 4.67. The van der Waals surface area contributed by atoms with Crippen LogP contribution in [0.3, 0.4) is 0 Å². The minimum absolute atomic E-state index is 0.490. The molecule has 0 N–H and O–H groups in total. The highest BCUT2D eigenvalue weighted by molar-refractivity contribution is 7.13. The normalized spacial score (nSPS) is 17.7. The molecule has 4 rings (SSSR count). The zero-order chi connectivity index (χ0) is 18.5. The second-order valence-corrected chi connectivity index (χ2v) is 7.67. The largest absolute Gasteiger partial charge is 0.497 e. The van der Waals surface area contributed by atoms with Crippen molar-refractivity contribution >= 4 is 11.3 Å². The molecule has 7 heteroatoms. The molecule has 0 amide bonds. The molecule has 3 aromatic rings. The van der Waals surface area contributed by atoms with E-state index in [9.17, 15) is 0 Å². The average molecular weight is 385 g/mol. The molecular formula is C20H23N3O3S. The Kier molecular flexibility index (Phi) is 5.69. The van der Waals surface area contributed by atoms with Crippen LogP contribution in [0.5, 0.6) is 11.5 Å². The summed E-state index contributed by atoms with van der Waals surface area (Å²) in [5.74, 6) is 3.51. The summed E-state index contributed by atoms with van der Waals surface area (Å²) in [5.41, 5.74) is 0. The molecule has 142 valence electrons. The molecule has 0 spiro atoms. The van der Waals surface area contributed by atoms with E-state index in [1.807, 2.05) is 41.8 Å². The van der Waals surface area contributed by atoms with E-state index in [2.05, 4.69) is 15.0 Å². The maximum Gasteiger partial charge on any atom is 0.241 e. The van der Waals surface area contributed by atoms with Crippen molar-refractivity contribution in [2.75, 3.05) is 26.8 Å². The number of hydrogen-bond donors (Lipinski definition) is 0. The van der Waals surface area contributed by atoms with E-state index in [1.54, 1.807) is 18.4 Å². The van der Waals surface area contributed by atoms with Gasteiger partial charge in [0.05, 0.1) is 25.1 Å². The Morgan fingerprint density at radius 3 is 3.04 bits per heavy atom. The standard InChI is InChI=1S/C20H23N3O3S/c1-24-16-6-2-7-17(11-16)25-14-15-5-3-9-23(12-15)13-19-21-20(22-26-19)18-8-4-10-27-18/h2,4,6-8,10-11,15H,3,5,9,12-14H2,1H3. The number of benzene rings is 1. The lowest BCUT2D eigenvalue weighted by Gasteiger charge is -2.31. The summed E-state index contributed by atoms with van der Waals surface area (Å²) in [5, 5.41) is 6.11. The molecule has 0 saturated carbocycles. The van der Waals surface area contributed by atoms with Crippen molar-refractivity contribution in [2.45, 2.75) is 19.4 Å². The molecule has 1 unspecified atom stereocenters. The van der Waals surface area contributed by atoms with Gasteiger partial charge in [-0.2, -0.15) is 4.98 Å². The van der Waals surface area contributed by atoms with Crippen molar-refractivity contribution in [3.63, 3.8) is 0 Å². The van der Waals surface area contributed by atoms with Gasteiger partial charge in [-0.05, 0) is 43.0 Å². The molecule has 0 bridgehead atoms. The maximum absolute atomic E-state index is 5.98. The SMILES string of the molecule is COc1cccc(OCC2CCCN(Cc3nc(-c4cccs4)no3)C2)c1. The number of nitrogens with zero attached hydrogens (tertiary/aromatic N) is 3. The number of likely N-dealkylation sites (tertiary alicyclic amines) is 1. The lowest BCUT2D eigenvalue weighted by Crippen LogP contribution is -2.37. The lowest BCUT2D eigenvalue weighted by molar-refractivity contribution is 0.115. The van der Waals surface area contributed by atoms with Crippen molar-refractivity contribution in [3.05, 3.63) is 47.7 Å². The highest BCUT2D eigenvalue weighted by atomic mass is 32.1. The van der Waals surface area contributed by atoms with Crippen molar-refractivity contribution in [2.24, 2.45) is 5.92 Å². The van der Waals surface area contributed by atoms with Gasteiger partial charge >= 0.3 is 0 Å². The molecule has 6 nitrogen and oxygen atoms in total. The van der Waals surface area contributed by atoms with Crippen molar-refractivity contribution in [3.8, 4) is 22.2 Å². The zero-order valence-electron chi connectivity index (χ0n) is 15.3.